The fourth-order valence-corrected chi connectivity index (χ4v) is 6.22. The van der Waals surface area contributed by atoms with E-state index in [1.54, 1.807) is 48.5 Å². The third-order valence-corrected chi connectivity index (χ3v) is 8.94. The maximum atomic E-state index is 13.9. The Labute approximate surface area is 251 Å². The quantitative estimate of drug-likeness (QED) is 0.279. The molecule has 222 valence electrons. The first-order valence-electron chi connectivity index (χ1n) is 13.9. The molecule has 0 unspecified atom stereocenters. The lowest BCUT2D eigenvalue weighted by Crippen LogP contribution is -2.53. The minimum Gasteiger partial charge on any atom is -0.497 e. The summed E-state index contributed by atoms with van der Waals surface area (Å²) in [6.45, 7) is -0.117. The van der Waals surface area contributed by atoms with Crippen molar-refractivity contribution in [2.75, 3.05) is 31.6 Å². The van der Waals surface area contributed by atoms with Gasteiger partial charge in [0.15, 0.2) is 6.10 Å². The minimum absolute atomic E-state index is 0.0175. The van der Waals surface area contributed by atoms with Crippen LogP contribution in [-0.2, 0) is 32.6 Å². The van der Waals surface area contributed by atoms with Gasteiger partial charge in [-0.25, -0.2) is 8.42 Å². The maximum absolute atomic E-state index is 13.9. The monoisotopic (exact) mass is 599 g/mol. The molecule has 0 saturated heterocycles. The fraction of sp³-hybridized carbons (Fsp3) is 0.212. The largest absolute Gasteiger partial charge is 0.497 e. The standard InChI is InChI=1S/C33H33N3O6S/c1-41-27-16-18-28(19-17-27)43(39,40)35(22-26-12-6-3-7-13-26)24-32(37)36-23-31(42-30-15-9-8-14-29(30)36)33(38)34-21-20-25-10-4-2-5-11-25/h2-19,31H,20-24H2,1H3,(H,34,38)/t31-/m0/s1. The second kappa shape index (κ2) is 13.5. The molecule has 1 heterocycles. The molecule has 1 aliphatic rings. The van der Waals surface area contributed by atoms with Crippen molar-refractivity contribution in [3.63, 3.8) is 0 Å². The molecule has 0 radical (unpaired) electrons. The van der Waals surface area contributed by atoms with Crippen LogP contribution in [0.25, 0.3) is 0 Å². The van der Waals surface area contributed by atoms with E-state index >= 15 is 0 Å². The summed E-state index contributed by atoms with van der Waals surface area (Å²) in [6.07, 6.45) is -0.314. The number of rotatable bonds is 11. The number of carbonyl (C=O) groups is 2. The Morgan fingerprint density at radius 2 is 1.51 bits per heavy atom. The number of para-hydroxylation sites is 2. The van der Waals surface area contributed by atoms with Crippen LogP contribution in [-0.4, -0.2) is 57.4 Å². The van der Waals surface area contributed by atoms with Crippen LogP contribution in [0.3, 0.4) is 0 Å². The topological polar surface area (TPSA) is 105 Å². The Bertz CT molecular complexity index is 1650. The van der Waals surface area contributed by atoms with Crippen molar-refractivity contribution in [3.05, 3.63) is 120 Å². The van der Waals surface area contributed by atoms with Gasteiger partial charge >= 0.3 is 0 Å². The molecule has 0 aliphatic carbocycles. The van der Waals surface area contributed by atoms with Crippen LogP contribution in [0.4, 0.5) is 5.69 Å². The number of fused-ring (bicyclic) bond motifs is 1. The molecule has 0 spiro atoms. The van der Waals surface area contributed by atoms with Gasteiger partial charge in [0, 0.05) is 13.1 Å². The zero-order valence-electron chi connectivity index (χ0n) is 23.8. The van der Waals surface area contributed by atoms with Crippen LogP contribution >= 0.6 is 0 Å². The number of sulfonamides is 1. The summed E-state index contributed by atoms with van der Waals surface area (Å²) in [4.78, 5) is 28.5. The summed E-state index contributed by atoms with van der Waals surface area (Å²) in [5.74, 6) is 0.0571. The van der Waals surface area contributed by atoms with Gasteiger partial charge in [0.1, 0.15) is 11.5 Å². The molecule has 4 aromatic rings. The highest BCUT2D eigenvalue weighted by molar-refractivity contribution is 7.89. The lowest BCUT2D eigenvalue weighted by molar-refractivity contribution is -0.128. The smallest absolute Gasteiger partial charge is 0.262 e. The highest BCUT2D eigenvalue weighted by atomic mass is 32.2. The Morgan fingerprint density at radius 3 is 2.19 bits per heavy atom. The first-order valence-corrected chi connectivity index (χ1v) is 15.3. The van der Waals surface area contributed by atoms with E-state index in [1.165, 1.54) is 24.1 Å². The molecule has 9 nitrogen and oxygen atoms in total. The number of amides is 2. The molecule has 5 rings (SSSR count). The SMILES string of the molecule is COc1ccc(S(=O)(=O)N(CC(=O)N2C[C@@H](C(=O)NCCc3ccccc3)Oc3ccccc32)Cc2ccccc2)cc1. The van der Waals surface area contributed by atoms with Crippen molar-refractivity contribution in [1.82, 2.24) is 9.62 Å². The van der Waals surface area contributed by atoms with Gasteiger partial charge in [0.2, 0.25) is 15.9 Å². The molecule has 1 atom stereocenters. The maximum Gasteiger partial charge on any atom is 0.262 e. The second-order valence-electron chi connectivity index (χ2n) is 10.0. The molecule has 1 aliphatic heterocycles. The Balaban J connectivity index is 1.37. The highest BCUT2D eigenvalue weighted by Gasteiger charge is 2.36. The van der Waals surface area contributed by atoms with Crippen LogP contribution in [0, 0.1) is 0 Å². The zero-order valence-corrected chi connectivity index (χ0v) is 24.6. The Hall–Kier alpha value is -4.67. The molecule has 43 heavy (non-hydrogen) atoms. The average molecular weight is 600 g/mol. The van der Waals surface area contributed by atoms with E-state index in [1.807, 2.05) is 48.5 Å². The van der Waals surface area contributed by atoms with Gasteiger partial charge in [0.05, 0.1) is 30.8 Å². The molecule has 0 bridgehead atoms. The van der Waals surface area contributed by atoms with Crippen LogP contribution in [0.1, 0.15) is 11.1 Å². The van der Waals surface area contributed by atoms with E-state index in [0.29, 0.717) is 30.2 Å². The van der Waals surface area contributed by atoms with E-state index < -0.39 is 28.6 Å². The predicted molar refractivity (Wildman–Crippen MR) is 163 cm³/mol. The Kier molecular flexibility index (Phi) is 9.38. The van der Waals surface area contributed by atoms with Gasteiger partial charge < -0.3 is 19.7 Å². The van der Waals surface area contributed by atoms with Crippen molar-refractivity contribution >= 4 is 27.5 Å². The first-order chi connectivity index (χ1) is 20.8. The number of benzene rings is 4. The molecule has 0 fully saturated rings. The molecule has 4 aromatic carbocycles. The minimum atomic E-state index is -4.08. The van der Waals surface area contributed by atoms with Gasteiger partial charge in [-0.3, -0.25) is 9.59 Å². The van der Waals surface area contributed by atoms with E-state index in [9.17, 15) is 18.0 Å². The van der Waals surface area contributed by atoms with E-state index in [2.05, 4.69) is 5.32 Å². The lowest BCUT2D eigenvalue weighted by atomic mass is 10.1. The average Bonchev–Trinajstić information content (AvgIpc) is 3.04. The molecular weight excluding hydrogens is 566 g/mol. The van der Waals surface area contributed by atoms with Crippen LogP contribution in [0.5, 0.6) is 11.5 Å². The fourth-order valence-electron chi connectivity index (χ4n) is 4.84. The van der Waals surface area contributed by atoms with Gasteiger partial charge in [0.25, 0.3) is 5.91 Å². The normalized spacial score (nSPS) is 14.5. The molecule has 0 aromatic heterocycles. The van der Waals surface area contributed by atoms with Crippen LogP contribution in [0.2, 0.25) is 0 Å². The molecule has 1 N–H and O–H groups in total. The summed E-state index contributed by atoms with van der Waals surface area (Å²) >= 11 is 0. The summed E-state index contributed by atoms with van der Waals surface area (Å²) in [5, 5.41) is 2.90. The number of ether oxygens (including phenoxy) is 2. The number of hydrogen-bond acceptors (Lipinski definition) is 6. The van der Waals surface area contributed by atoms with Gasteiger partial charge in [-0.05, 0) is 53.9 Å². The summed E-state index contributed by atoms with van der Waals surface area (Å²) in [7, 11) is -2.58. The lowest BCUT2D eigenvalue weighted by Gasteiger charge is -2.35. The first kappa shape index (κ1) is 29.8. The summed E-state index contributed by atoms with van der Waals surface area (Å²) in [5.41, 5.74) is 2.29. The van der Waals surface area contributed by atoms with Gasteiger partial charge in [-0.2, -0.15) is 4.31 Å². The number of hydrogen-bond donors (Lipinski definition) is 1. The van der Waals surface area contributed by atoms with Crippen LogP contribution in [0.15, 0.2) is 114 Å². The second-order valence-corrected chi connectivity index (χ2v) is 12.0. The third kappa shape index (κ3) is 7.22. The molecule has 10 heteroatoms. The number of anilines is 1. The molecule has 0 saturated carbocycles. The highest BCUT2D eigenvalue weighted by Crippen LogP contribution is 2.34. The summed E-state index contributed by atoms with van der Waals surface area (Å²) in [6, 6.07) is 31.8. The van der Waals surface area contributed by atoms with Crippen LogP contribution < -0.4 is 19.7 Å². The molecule has 2 amide bonds. The third-order valence-electron chi connectivity index (χ3n) is 7.13. The van der Waals surface area contributed by atoms with Gasteiger partial charge in [-0.15, -0.1) is 0 Å². The number of carbonyl (C=O) groups excluding carboxylic acids is 2. The van der Waals surface area contributed by atoms with Crippen molar-refractivity contribution in [1.29, 1.82) is 0 Å². The van der Waals surface area contributed by atoms with E-state index in [-0.39, 0.29) is 23.9 Å². The van der Waals surface area contributed by atoms with Gasteiger partial charge in [-0.1, -0.05) is 72.8 Å². The van der Waals surface area contributed by atoms with Crippen molar-refractivity contribution in [3.8, 4) is 11.5 Å². The zero-order chi connectivity index (χ0) is 30.2. The van der Waals surface area contributed by atoms with Crippen molar-refractivity contribution in [2.45, 2.75) is 24.0 Å². The Morgan fingerprint density at radius 1 is 0.884 bits per heavy atom. The van der Waals surface area contributed by atoms with E-state index in [4.69, 9.17) is 9.47 Å². The molecular formula is C33H33N3O6S. The number of nitrogens with one attached hydrogen (secondary N) is 1. The van der Waals surface area contributed by atoms with E-state index in [0.717, 1.165) is 15.4 Å². The predicted octanol–water partition coefficient (Wildman–Crippen LogP) is 4.04. The number of nitrogens with zero attached hydrogens (tertiary/aromatic N) is 2. The number of methoxy groups -OCH3 is 1. The van der Waals surface area contributed by atoms with Crippen molar-refractivity contribution < 1.29 is 27.5 Å². The van der Waals surface area contributed by atoms with Crippen molar-refractivity contribution in [2.24, 2.45) is 0 Å². The summed E-state index contributed by atoms with van der Waals surface area (Å²) < 4.78 is 40.0.